The van der Waals surface area contributed by atoms with E-state index in [9.17, 15) is 19.0 Å². The highest BCUT2D eigenvalue weighted by molar-refractivity contribution is 7.46. The fourth-order valence-electron chi connectivity index (χ4n) is 3.48. The second-order valence-electron chi connectivity index (χ2n) is 9.00. The van der Waals surface area contributed by atoms with Gasteiger partial charge in [0, 0.05) is 18.3 Å². The fraction of sp³-hybridized carbons (Fsp3) is 0.476. The largest absolute Gasteiger partial charge is 0.470 e. The number of alkyl halides is 1. The number of nitrogens with zero attached hydrogens (tertiary/aromatic N) is 6. The third-order valence-electron chi connectivity index (χ3n) is 5.38. The zero-order valence-corrected chi connectivity index (χ0v) is 21.3. The van der Waals surface area contributed by atoms with E-state index in [1.807, 2.05) is 27.0 Å². The van der Waals surface area contributed by atoms with Crippen LogP contribution >= 0.6 is 7.82 Å². The number of halogens is 1. The Bertz CT molecular complexity index is 1250. The number of hydrogen-bond donors (Lipinski definition) is 4. The van der Waals surface area contributed by atoms with Gasteiger partial charge in [0.1, 0.15) is 36.0 Å². The Balaban J connectivity index is 1.85. The first kappa shape index (κ1) is 27.2. The minimum Gasteiger partial charge on any atom is -0.382 e. The molecule has 0 radical (unpaired) electrons. The summed E-state index contributed by atoms with van der Waals surface area (Å²) in [7, 11) is -4.93. The lowest BCUT2D eigenvalue weighted by atomic mass is 10.0. The van der Waals surface area contributed by atoms with Gasteiger partial charge in [0.15, 0.2) is 12.0 Å². The molecule has 1 amide bonds. The molecule has 194 valence electrons. The molecule has 2 aromatic heterocycles. The summed E-state index contributed by atoms with van der Waals surface area (Å²) in [5, 5.41) is 14.8. The molecule has 0 aliphatic carbocycles. The maximum atomic E-state index is 14.6. The molecule has 2 aromatic rings. The van der Waals surface area contributed by atoms with Crippen molar-refractivity contribution in [2.75, 3.05) is 11.9 Å². The smallest absolute Gasteiger partial charge is 0.382 e. The number of nitrogens with one attached hydrogen (secondary N) is 2. The number of phosphoric acid groups is 1. The zero-order chi connectivity index (χ0) is 26.8. The summed E-state index contributed by atoms with van der Waals surface area (Å²) in [6.07, 6.45) is 4.37. The minimum atomic E-state index is -4.93. The maximum absolute atomic E-state index is 14.6. The highest BCUT2D eigenvalue weighted by atomic mass is 31.2. The summed E-state index contributed by atoms with van der Waals surface area (Å²) >= 11 is 0. The topological polar surface area (TPSA) is 178 Å². The molecule has 1 aliphatic heterocycles. The number of carbonyl (C=O) groups is 1. The summed E-state index contributed by atoms with van der Waals surface area (Å²) in [5.41, 5.74) is -0.695. The van der Waals surface area contributed by atoms with E-state index in [-0.39, 0.29) is 17.6 Å². The number of rotatable bonds is 9. The van der Waals surface area contributed by atoms with Crippen LogP contribution in [0.5, 0.6) is 0 Å². The van der Waals surface area contributed by atoms with Crippen molar-refractivity contribution in [3.63, 3.8) is 0 Å². The van der Waals surface area contributed by atoms with Gasteiger partial charge in [-0.15, -0.1) is 0 Å². The highest BCUT2D eigenvalue weighted by Crippen LogP contribution is 2.42. The number of hydrogen-bond acceptors (Lipinski definition) is 9. The average molecular weight is 522 g/mol. The Kier molecular flexibility index (Phi) is 7.80. The Labute approximate surface area is 207 Å². The number of amides is 1. The molecule has 0 fully saturated rings. The van der Waals surface area contributed by atoms with Crippen LogP contribution < -0.4 is 10.6 Å². The van der Waals surface area contributed by atoms with Crippen LogP contribution in [0.4, 0.5) is 15.9 Å². The van der Waals surface area contributed by atoms with Crippen molar-refractivity contribution in [3.05, 3.63) is 29.8 Å². The Hall–Kier alpha value is -3.37. The Morgan fingerprint density at radius 1 is 1.39 bits per heavy atom. The van der Waals surface area contributed by atoms with E-state index in [2.05, 4.69) is 30.1 Å². The third kappa shape index (κ3) is 6.06. The van der Waals surface area contributed by atoms with E-state index in [4.69, 9.17) is 9.79 Å². The zero-order valence-electron chi connectivity index (χ0n) is 20.4. The van der Waals surface area contributed by atoms with Gasteiger partial charge in [-0.1, -0.05) is 0 Å². The lowest BCUT2D eigenvalue weighted by Gasteiger charge is -2.29. The lowest BCUT2D eigenvalue weighted by Crippen LogP contribution is -2.43. The number of carbonyl (C=O) groups excluding carboxylic acids is 1. The van der Waals surface area contributed by atoms with E-state index in [0.717, 1.165) is 0 Å². The van der Waals surface area contributed by atoms with Crippen molar-refractivity contribution < 1.29 is 28.1 Å². The van der Waals surface area contributed by atoms with E-state index >= 15 is 0 Å². The summed E-state index contributed by atoms with van der Waals surface area (Å²) in [5.74, 6) is 0.273. The van der Waals surface area contributed by atoms with Gasteiger partial charge in [-0.05, 0) is 34.6 Å². The van der Waals surface area contributed by atoms with Gasteiger partial charge < -0.3 is 20.4 Å². The highest BCUT2D eigenvalue weighted by Gasteiger charge is 2.37. The van der Waals surface area contributed by atoms with Crippen molar-refractivity contribution in [1.82, 2.24) is 24.8 Å². The van der Waals surface area contributed by atoms with Crippen LogP contribution in [0, 0.1) is 11.5 Å². The van der Waals surface area contributed by atoms with E-state index in [1.165, 1.54) is 37.6 Å². The average Bonchev–Trinajstić information content (AvgIpc) is 3.20. The molecule has 1 unspecified atom stereocenters. The molecule has 4 N–H and O–H groups in total. The van der Waals surface area contributed by atoms with Crippen LogP contribution in [0.1, 0.15) is 56.7 Å². The number of imidazole rings is 1. The van der Waals surface area contributed by atoms with Crippen molar-refractivity contribution >= 4 is 31.6 Å². The molecule has 3 heterocycles. The first-order chi connectivity index (χ1) is 16.7. The Morgan fingerprint density at radius 3 is 2.69 bits per heavy atom. The van der Waals surface area contributed by atoms with Gasteiger partial charge in [0.2, 0.25) is 0 Å². The first-order valence-corrected chi connectivity index (χ1v) is 12.5. The van der Waals surface area contributed by atoms with Gasteiger partial charge in [-0.2, -0.15) is 5.26 Å². The quantitative estimate of drug-likeness (QED) is 0.283. The molecular weight excluding hydrogens is 494 g/mol. The SMILES string of the molecule is CC(C)Nc1cc(-n2cnc3c2N=CN(C#N)C3C)ncc1C(=O)NC[C@@H](F)C(C)(C)OP(=O)(O)O. The predicted octanol–water partition coefficient (Wildman–Crippen LogP) is 2.56. The van der Waals surface area contributed by atoms with E-state index in [1.54, 1.807) is 10.6 Å². The number of aliphatic imine (C=N–C) groups is 1. The molecule has 13 nitrogen and oxygen atoms in total. The van der Waals surface area contributed by atoms with Gasteiger partial charge in [-0.3, -0.25) is 18.8 Å². The van der Waals surface area contributed by atoms with Crippen molar-refractivity contribution in [2.24, 2.45) is 4.99 Å². The van der Waals surface area contributed by atoms with Crippen LogP contribution in [0.15, 0.2) is 23.6 Å². The van der Waals surface area contributed by atoms with Crippen LogP contribution in [0.25, 0.3) is 5.82 Å². The summed E-state index contributed by atoms with van der Waals surface area (Å²) in [6, 6.07) is 1.26. The van der Waals surface area contributed by atoms with Crippen molar-refractivity contribution in [2.45, 2.75) is 58.5 Å². The number of aromatic nitrogens is 3. The standard InChI is InChI=1S/C21H28FN8O5P/c1-12(2)28-15-6-17(30-11-26-18-13(3)29(9-23)10-27-19(18)30)24-7-14(15)20(31)25-8-16(22)21(4,5)35-36(32,33)34/h6-7,10-13,16H,8H2,1-5H3,(H,24,28)(H,25,31)(H2,32,33,34)/t13?,16-/m1/s1. The number of anilines is 1. The second kappa shape index (κ2) is 10.3. The number of pyridine rings is 1. The molecule has 0 saturated heterocycles. The molecule has 15 heteroatoms. The van der Waals surface area contributed by atoms with E-state index < -0.39 is 32.0 Å². The maximum Gasteiger partial charge on any atom is 0.470 e. The van der Waals surface area contributed by atoms with Gasteiger partial charge in [0.05, 0.1) is 23.8 Å². The molecule has 0 saturated carbocycles. The summed E-state index contributed by atoms with van der Waals surface area (Å²) < 4.78 is 31.9. The summed E-state index contributed by atoms with van der Waals surface area (Å²) in [4.78, 5) is 45.2. The number of phosphoric ester groups is 1. The van der Waals surface area contributed by atoms with Crippen LogP contribution in [0.2, 0.25) is 0 Å². The van der Waals surface area contributed by atoms with Crippen molar-refractivity contribution in [1.29, 1.82) is 5.26 Å². The number of nitriles is 1. The first-order valence-electron chi connectivity index (χ1n) is 11.0. The molecular formula is C21H28FN8O5P. The van der Waals surface area contributed by atoms with E-state index in [0.29, 0.717) is 23.0 Å². The third-order valence-corrected chi connectivity index (χ3v) is 6.09. The second-order valence-corrected chi connectivity index (χ2v) is 10.2. The monoisotopic (exact) mass is 522 g/mol. The fourth-order valence-corrected chi connectivity index (χ4v) is 4.21. The molecule has 0 aromatic carbocycles. The van der Waals surface area contributed by atoms with Crippen LogP contribution in [-0.2, 0) is 9.09 Å². The molecule has 0 spiro atoms. The van der Waals surface area contributed by atoms with Gasteiger partial charge in [-0.25, -0.2) is 23.9 Å². The number of fused-ring (bicyclic) bond motifs is 1. The lowest BCUT2D eigenvalue weighted by molar-refractivity contribution is -0.00230. The minimum absolute atomic E-state index is 0.0600. The molecule has 1 aliphatic rings. The van der Waals surface area contributed by atoms with Crippen LogP contribution in [-0.4, -0.2) is 65.8 Å². The van der Waals surface area contributed by atoms with Gasteiger partial charge >= 0.3 is 7.82 Å². The predicted molar refractivity (Wildman–Crippen MR) is 129 cm³/mol. The van der Waals surface area contributed by atoms with Crippen molar-refractivity contribution in [3.8, 4) is 12.0 Å². The Morgan fingerprint density at radius 2 is 2.08 bits per heavy atom. The van der Waals surface area contributed by atoms with Gasteiger partial charge in [0.25, 0.3) is 5.91 Å². The summed E-state index contributed by atoms with van der Waals surface area (Å²) in [6.45, 7) is 7.38. The van der Waals surface area contributed by atoms with Crippen LogP contribution in [0.3, 0.4) is 0 Å². The normalized spacial score (nSPS) is 16.4. The molecule has 36 heavy (non-hydrogen) atoms. The molecule has 0 bridgehead atoms. The molecule has 2 atom stereocenters. The molecule has 3 rings (SSSR count).